The van der Waals surface area contributed by atoms with Crippen molar-refractivity contribution in [3.8, 4) is 0 Å². The maximum absolute atomic E-state index is 9.70. The first kappa shape index (κ1) is 12.1. The normalized spacial score (nSPS) is 12.4. The molecular formula is C9H19N5O. The van der Waals surface area contributed by atoms with Crippen LogP contribution in [0.4, 0.5) is 0 Å². The fraction of sp³-hybridized carbons (Fsp3) is 0.889. The summed E-state index contributed by atoms with van der Waals surface area (Å²) >= 11 is 0. The van der Waals surface area contributed by atoms with E-state index < -0.39 is 5.60 Å². The molecule has 0 bridgehead atoms. The smallest absolute Gasteiger partial charge is 0.188 e. The average Bonchev–Trinajstić information content (AvgIpc) is 2.47. The predicted octanol–water partition coefficient (Wildman–Crippen LogP) is -0.197. The van der Waals surface area contributed by atoms with Crippen molar-refractivity contribution in [2.75, 3.05) is 13.1 Å². The minimum atomic E-state index is -0.696. The van der Waals surface area contributed by atoms with Crippen LogP contribution in [0.5, 0.6) is 0 Å². The molecule has 0 aliphatic carbocycles. The van der Waals surface area contributed by atoms with Crippen LogP contribution in [0.3, 0.4) is 0 Å². The SMILES string of the molecule is CCN(Cc1nnn(C)n1)CC(C)(C)O. The Labute approximate surface area is 89.9 Å². The molecule has 0 radical (unpaired) electrons. The molecule has 86 valence electrons. The van der Waals surface area contributed by atoms with Crippen molar-refractivity contribution in [3.63, 3.8) is 0 Å². The van der Waals surface area contributed by atoms with Crippen LogP contribution in [0.2, 0.25) is 0 Å². The molecule has 0 aromatic carbocycles. The van der Waals surface area contributed by atoms with Crippen molar-refractivity contribution in [1.82, 2.24) is 25.1 Å². The summed E-state index contributed by atoms with van der Waals surface area (Å²) in [5.74, 6) is 0.684. The van der Waals surface area contributed by atoms with E-state index in [-0.39, 0.29) is 0 Å². The van der Waals surface area contributed by atoms with Gasteiger partial charge in [-0.05, 0) is 25.6 Å². The number of hydrogen-bond donors (Lipinski definition) is 1. The first-order chi connectivity index (χ1) is 6.90. The molecule has 15 heavy (non-hydrogen) atoms. The lowest BCUT2D eigenvalue weighted by Gasteiger charge is -2.26. The minimum Gasteiger partial charge on any atom is -0.389 e. The first-order valence-corrected chi connectivity index (χ1v) is 5.08. The lowest BCUT2D eigenvalue weighted by Crippen LogP contribution is -2.38. The molecule has 1 rings (SSSR count). The zero-order chi connectivity index (χ0) is 11.5. The van der Waals surface area contributed by atoms with Crippen molar-refractivity contribution in [3.05, 3.63) is 5.82 Å². The highest BCUT2D eigenvalue weighted by atomic mass is 16.3. The van der Waals surface area contributed by atoms with Crippen molar-refractivity contribution in [2.45, 2.75) is 32.9 Å². The van der Waals surface area contributed by atoms with Gasteiger partial charge in [-0.15, -0.1) is 10.2 Å². The molecule has 0 saturated heterocycles. The Kier molecular flexibility index (Phi) is 3.76. The summed E-state index contributed by atoms with van der Waals surface area (Å²) in [5.41, 5.74) is -0.696. The maximum atomic E-state index is 9.70. The number of rotatable bonds is 5. The summed E-state index contributed by atoms with van der Waals surface area (Å²) in [7, 11) is 1.74. The molecule has 0 saturated carbocycles. The third-order valence-electron chi connectivity index (χ3n) is 1.97. The highest BCUT2D eigenvalue weighted by molar-refractivity contribution is 4.80. The zero-order valence-corrected chi connectivity index (χ0v) is 9.80. The Morgan fingerprint density at radius 1 is 1.47 bits per heavy atom. The van der Waals surface area contributed by atoms with Crippen LogP contribution in [0, 0.1) is 0 Å². The number of tetrazole rings is 1. The van der Waals surface area contributed by atoms with Crippen molar-refractivity contribution in [1.29, 1.82) is 0 Å². The molecule has 0 fully saturated rings. The van der Waals surface area contributed by atoms with Gasteiger partial charge in [-0.2, -0.15) is 4.80 Å². The molecule has 0 unspecified atom stereocenters. The number of hydrogen-bond acceptors (Lipinski definition) is 5. The fourth-order valence-corrected chi connectivity index (χ4v) is 1.41. The summed E-state index contributed by atoms with van der Waals surface area (Å²) < 4.78 is 0. The van der Waals surface area contributed by atoms with Gasteiger partial charge in [0.2, 0.25) is 0 Å². The molecular weight excluding hydrogens is 194 g/mol. The quantitative estimate of drug-likeness (QED) is 0.734. The first-order valence-electron chi connectivity index (χ1n) is 5.08. The standard InChI is InChI=1S/C9H19N5O/c1-5-14(7-9(2,3)15)6-8-10-12-13(4)11-8/h15H,5-7H2,1-4H3. The van der Waals surface area contributed by atoms with Crippen LogP contribution in [-0.4, -0.2) is 48.9 Å². The topological polar surface area (TPSA) is 67.1 Å². The van der Waals surface area contributed by atoms with Crippen LogP contribution < -0.4 is 0 Å². The van der Waals surface area contributed by atoms with Gasteiger partial charge in [0.05, 0.1) is 19.2 Å². The monoisotopic (exact) mass is 213 g/mol. The Hall–Kier alpha value is -1.01. The molecule has 1 aromatic rings. The molecule has 1 heterocycles. The Bertz CT molecular complexity index is 304. The summed E-state index contributed by atoms with van der Waals surface area (Å²) in [6.07, 6.45) is 0. The summed E-state index contributed by atoms with van der Waals surface area (Å²) in [5, 5.41) is 21.5. The number of nitrogens with zero attached hydrogens (tertiary/aromatic N) is 5. The Balaban J connectivity index is 2.54. The Morgan fingerprint density at radius 2 is 2.13 bits per heavy atom. The van der Waals surface area contributed by atoms with E-state index in [2.05, 4.69) is 20.3 Å². The average molecular weight is 213 g/mol. The van der Waals surface area contributed by atoms with Gasteiger partial charge in [-0.25, -0.2) is 0 Å². The van der Waals surface area contributed by atoms with Crippen LogP contribution in [0.15, 0.2) is 0 Å². The highest BCUT2D eigenvalue weighted by Gasteiger charge is 2.18. The zero-order valence-electron chi connectivity index (χ0n) is 9.80. The number of aryl methyl sites for hydroxylation is 1. The maximum Gasteiger partial charge on any atom is 0.188 e. The van der Waals surface area contributed by atoms with Crippen LogP contribution in [0.1, 0.15) is 26.6 Å². The van der Waals surface area contributed by atoms with Gasteiger partial charge in [-0.1, -0.05) is 6.92 Å². The fourth-order valence-electron chi connectivity index (χ4n) is 1.41. The van der Waals surface area contributed by atoms with Crippen molar-refractivity contribution >= 4 is 0 Å². The molecule has 1 aromatic heterocycles. The van der Waals surface area contributed by atoms with Gasteiger partial charge in [0.1, 0.15) is 0 Å². The van der Waals surface area contributed by atoms with Gasteiger partial charge >= 0.3 is 0 Å². The third-order valence-corrected chi connectivity index (χ3v) is 1.97. The second-order valence-electron chi connectivity index (χ2n) is 4.31. The molecule has 6 nitrogen and oxygen atoms in total. The summed E-state index contributed by atoms with van der Waals surface area (Å²) in [6.45, 7) is 7.69. The number of aliphatic hydroxyl groups is 1. The second kappa shape index (κ2) is 4.67. The highest BCUT2D eigenvalue weighted by Crippen LogP contribution is 2.06. The Morgan fingerprint density at radius 3 is 2.53 bits per heavy atom. The van der Waals surface area contributed by atoms with Crippen LogP contribution in [-0.2, 0) is 13.6 Å². The van der Waals surface area contributed by atoms with E-state index in [4.69, 9.17) is 0 Å². The molecule has 0 aliphatic heterocycles. The molecule has 0 aliphatic rings. The van der Waals surface area contributed by atoms with E-state index in [0.717, 1.165) is 6.54 Å². The van der Waals surface area contributed by atoms with E-state index in [1.807, 2.05) is 6.92 Å². The van der Waals surface area contributed by atoms with Crippen molar-refractivity contribution in [2.24, 2.45) is 7.05 Å². The van der Waals surface area contributed by atoms with E-state index in [1.165, 1.54) is 4.80 Å². The molecule has 1 N–H and O–H groups in total. The van der Waals surface area contributed by atoms with E-state index in [0.29, 0.717) is 18.9 Å². The lowest BCUT2D eigenvalue weighted by atomic mass is 10.1. The second-order valence-corrected chi connectivity index (χ2v) is 4.31. The van der Waals surface area contributed by atoms with Gasteiger partial charge < -0.3 is 5.11 Å². The van der Waals surface area contributed by atoms with Gasteiger partial charge in [0.25, 0.3) is 0 Å². The van der Waals surface area contributed by atoms with Crippen LogP contribution in [0.25, 0.3) is 0 Å². The molecule has 6 heteroatoms. The minimum absolute atomic E-state index is 0.599. The van der Waals surface area contributed by atoms with E-state index in [1.54, 1.807) is 20.9 Å². The third kappa shape index (κ3) is 4.35. The lowest BCUT2D eigenvalue weighted by molar-refractivity contribution is 0.0345. The molecule has 0 atom stereocenters. The van der Waals surface area contributed by atoms with Gasteiger partial charge in [-0.3, -0.25) is 4.90 Å². The van der Waals surface area contributed by atoms with Crippen LogP contribution >= 0.6 is 0 Å². The number of aromatic nitrogens is 4. The van der Waals surface area contributed by atoms with E-state index >= 15 is 0 Å². The largest absolute Gasteiger partial charge is 0.389 e. The summed E-state index contributed by atoms with van der Waals surface area (Å²) in [6, 6.07) is 0. The molecule has 0 spiro atoms. The molecule has 0 amide bonds. The van der Waals surface area contributed by atoms with E-state index in [9.17, 15) is 5.11 Å². The predicted molar refractivity (Wildman–Crippen MR) is 56.0 cm³/mol. The van der Waals surface area contributed by atoms with Crippen molar-refractivity contribution < 1.29 is 5.11 Å². The van der Waals surface area contributed by atoms with Gasteiger partial charge in [0, 0.05) is 6.54 Å². The number of likely N-dealkylation sites (N-methyl/N-ethyl adjacent to an activating group) is 1. The van der Waals surface area contributed by atoms with Gasteiger partial charge in [0.15, 0.2) is 5.82 Å². The summed E-state index contributed by atoms with van der Waals surface area (Å²) in [4.78, 5) is 3.52.